The number of carbonyl (C=O) groups is 2. The van der Waals surface area contributed by atoms with Gasteiger partial charge in [0.15, 0.2) is 0 Å². The smallest absolute Gasteiger partial charge is 0.343 e. The first-order valence-corrected chi connectivity index (χ1v) is 7.39. The molecule has 0 spiro atoms. The van der Waals surface area contributed by atoms with Crippen LogP contribution in [0.1, 0.15) is 22.8 Å². The molecule has 0 aliphatic carbocycles. The lowest BCUT2D eigenvalue weighted by Gasteiger charge is -2.10. The molecule has 5 heteroatoms. The van der Waals surface area contributed by atoms with E-state index >= 15 is 0 Å². The van der Waals surface area contributed by atoms with Crippen LogP contribution < -0.4 is 4.74 Å². The van der Waals surface area contributed by atoms with Gasteiger partial charge in [0.1, 0.15) is 11.5 Å². The fraction of sp³-hybridized carbons (Fsp3) is 0.158. The van der Waals surface area contributed by atoms with Gasteiger partial charge in [0.2, 0.25) is 0 Å². The third kappa shape index (κ3) is 4.71. The Kier molecular flexibility index (Phi) is 5.73. The molecule has 0 bridgehead atoms. The van der Waals surface area contributed by atoms with E-state index in [2.05, 4.69) is 6.58 Å². The lowest BCUT2D eigenvalue weighted by molar-refractivity contribution is -0.138. The molecule has 5 nitrogen and oxygen atoms in total. The molecule has 0 aromatic heterocycles. The molecule has 0 saturated heterocycles. The Morgan fingerprint density at radius 2 is 1.75 bits per heavy atom. The summed E-state index contributed by atoms with van der Waals surface area (Å²) in [6.07, 6.45) is 0.415. The van der Waals surface area contributed by atoms with Gasteiger partial charge in [-0.25, -0.2) is 9.59 Å². The summed E-state index contributed by atoms with van der Waals surface area (Å²) in [5, 5.41) is 9.25. The van der Waals surface area contributed by atoms with E-state index in [9.17, 15) is 14.7 Å². The molecular formula is C19H18O5. The molecule has 0 amide bonds. The van der Waals surface area contributed by atoms with Gasteiger partial charge in [-0.15, -0.1) is 0 Å². The molecule has 0 aliphatic rings. The predicted molar refractivity (Wildman–Crippen MR) is 89.0 cm³/mol. The van der Waals surface area contributed by atoms with Gasteiger partial charge in [-0.05, 0) is 42.8 Å². The number of aromatic hydroxyl groups is 1. The normalized spacial score (nSPS) is 10.0. The van der Waals surface area contributed by atoms with Crippen molar-refractivity contribution in [3.63, 3.8) is 0 Å². The van der Waals surface area contributed by atoms with Crippen LogP contribution >= 0.6 is 0 Å². The summed E-state index contributed by atoms with van der Waals surface area (Å²) in [7, 11) is 0. The van der Waals surface area contributed by atoms with Crippen molar-refractivity contribution in [2.75, 3.05) is 6.61 Å². The highest BCUT2D eigenvalue weighted by Gasteiger charge is 2.12. The Morgan fingerprint density at radius 3 is 2.42 bits per heavy atom. The van der Waals surface area contributed by atoms with E-state index in [1.807, 2.05) is 6.07 Å². The highest BCUT2D eigenvalue weighted by Crippen LogP contribution is 2.21. The average molecular weight is 326 g/mol. The number of phenolic OH excluding ortho intramolecular Hbond substituents is 1. The molecule has 2 aromatic rings. The van der Waals surface area contributed by atoms with Crippen LogP contribution in [0, 0.1) is 0 Å². The SMILES string of the molecule is C=C(C)C(=O)OCCc1ccccc1OC(=O)c1ccc(O)cc1. The number of para-hydroxylation sites is 1. The molecule has 1 N–H and O–H groups in total. The first-order valence-electron chi connectivity index (χ1n) is 7.39. The summed E-state index contributed by atoms with van der Waals surface area (Å²) < 4.78 is 10.5. The minimum absolute atomic E-state index is 0.0753. The van der Waals surface area contributed by atoms with E-state index in [0.717, 1.165) is 5.56 Å². The molecule has 0 heterocycles. The van der Waals surface area contributed by atoms with E-state index in [1.54, 1.807) is 25.1 Å². The van der Waals surface area contributed by atoms with Crippen molar-refractivity contribution in [3.8, 4) is 11.5 Å². The molecule has 0 radical (unpaired) electrons. The van der Waals surface area contributed by atoms with Crippen molar-refractivity contribution >= 4 is 11.9 Å². The summed E-state index contributed by atoms with van der Waals surface area (Å²) in [6, 6.07) is 12.8. The maximum absolute atomic E-state index is 12.1. The summed E-state index contributed by atoms with van der Waals surface area (Å²) in [5.74, 6) is -0.497. The van der Waals surface area contributed by atoms with Gasteiger partial charge in [0.05, 0.1) is 12.2 Å². The summed E-state index contributed by atoms with van der Waals surface area (Å²) in [4.78, 5) is 23.5. The zero-order valence-electron chi connectivity index (χ0n) is 13.3. The fourth-order valence-electron chi connectivity index (χ4n) is 1.94. The number of hydrogen-bond acceptors (Lipinski definition) is 5. The summed E-state index contributed by atoms with van der Waals surface area (Å²) >= 11 is 0. The number of carbonyl (C=O) groups excluding carboxylic acids is 2. The Morgan fingerprint density at radius 1 is 1.08 bits per heavy atom. The lowest BCUT2D eigenvalue weighted by Crippen LogP contribution is -2.11. The summed E-state index contributed by atoms with van der Waals surface area (Å²) in [6.45, 7) is 5.26. The van der Waals surface area contributed by atoms with Crippen LogP contribution in [0.5, 0.6) is 11.5 Å². The standard InChI is InChI=1S/C19H18O5/c1-13(2)18(21)23-12-11-14-5-3-4-6-17(14)24-19(22)15-7-9-16(20)10-8-15/h3-10,20H,1,11-12H2,2H3. The van der Waals surface area contributed by atoms with Crippen LogP contribution in [0.4, 0.5) is 0 Å². The number of phenols is 1. The van der Waals surface area contributed by atoms with E-state index in [1.165, 1.54) is 24.3 Å². The largest absolute Gasteiger partial charge is 0.508 e. The van der Waals surface area contributed by atoms with Crippen molar-refractivity contribution in [2.24, 2.45) is 0 Å². The molecular weight excluding hydrogens is 308 g/mol. The Hall–Kier alpha value is -3.08. The fourth-order valence-corrected chi connectivity index (χ4v) is 1.94. The highest BCUT2D eigenvalue weighted by atomic mass is 16.5. The first kappa shape index (κ1) is 17.3. The van der Waals surface area contributed by atoms with Crippen LogP contribution in [-0.2, 0) is 16.0 Å². The van der Waals surface area contributed by atoms with Gasteiger partial charge in [-0.1, -0.05) is 24.8 Å². The van der Waals surface area contributed by atoms with Crippen LogP contribution in [0.3, 0.4) is 0 Å². The van der Waals surface area contributed by atoms with Gasteiger partial charge in [-0.2, -0.15) is 0 Å². The third-order valence-corrected chi connectivity index (χ3v) is 3.23. The molecule has 2 aromatic carbocycles. The zero-order valence-corrected chi connectivity index (χ0v) is 13.3. The quantitative estimate of drug-likeness (QED) is 0.501. The Bertz CT molecular complexity index is 747. The van der Waals surface area contributed by atoms with Gasteiger partial charge in [0, 0.05) is 12.0 Å². The second kappa shape index (κ2) is 7.97. The molecule has 0 atom stereocenters. The van der Waals surface area contributed by atoms with Gasteiger partial charge in [0.25, 0.3) is 0 Å². The average Bonchev–Trinajstić information content (AvgIpc) is 2.56. The lowest BCUT2D eigenvalue weighted by atomic mass is 10.1. The molecule has 24 heavy (non-hydrogen) atoms. The Labute approximate surface area is 140 Å². The maximum atomic E-state index is 12.1. The summed E-state index contributed by atoms with van der Waals surface area (Å²) in [5.41, 5.74) is 1.41. The first-order chi connectivity index (χ1) is 11.5. The molecule has 124 valence electrons. The van der Waals surface area contributed by atoms with Gasteiger partial charge < -0.3 is 14.6 Å². The number of esters is 2. The maximum Gasteiger partial charge on any atom is 0.343 e. The van der Waals surface area contributed by atoms with E-state index in [0.29, 0.717) is 23.3 Å². The van der Waals surface area contributed by atoms with E-state index < -0.39 is 11.9 Å². The second-order valence-corrected chi connectivity index (χ2v) is 5.21. The molecule has 0 saturated carbocycles. The topological polar surface area (TPSA) is 72.8 Å². The third-order valence-electron chi connectivity index (χ3n) is 3.23. The van der Waals surface area contributed by atoms with E-state index in [-0.39, 0.29) is 12.4 Å². The number of ether oxygens (including phenoxy) is 2. The molecule has 0 unspecified atom stereocenters. The highest BCUT2D eigenvalue weighted by molar-refractivity contribution is 5.91. The predicted octanol–water partition coefficient (Wildman–Crippen LogP) is 3.27. The van der Waals surface area contributed by atoms with Crippen LogP contribution in [0.2, 0.25) is 0 Å². The van der Waals surface area contributed by atoms with Crippen LogP contribution in [0.25, 0.3) is 0 Å². The Balaban J connectivity index is 2.03. The van der Waals surface area contributed by atoms with Crippen LogP contribution in [-0.4, -0.2) is 23.7 Å². The molecule has 0 aliphatic heterocycles. The minimum Gasteiger partial charge on any atom is -0.508 e. The number of rotatable bonds is 6. The number of hydrogen-bond donors (Lipinski definition) is 1. The van der Waals surface area contributed by atoms with Crippen molar-refractivity contribution in [1.82, 2.24) is 0 Å². The molecule has 2 rings (SSSR count). The van der Waals surface area contributed by atoms with Crippen molar-refractivity contribution < 1.29 is 24.2 Å². The van der Waals surface area contributed by atoms with E-state index in [4.69, 9.17) is 9.47 Å². The van der Waals surface area contributed by atoms with Crippen molar-refractivity contribution in [1.29, 1.82) is 0 Å². The van der Waals surface area contributed by atoms with Gasteiger partial charge >= 0.3 is 11.9 Å². The number of benzene rings is 2. The molecule has 0 fully saturated rings. The van der Waals surface area contributed by atoms with Crippen molar-refractivity contribution in [3.05, 3.63) is 71.8 Å². The minimum atomic E-state index is -0.526. The van der Waals surface area contributed by atoms with Crippen molar-refractivity contribution in [2.45, 2.75) is 13.3 Å². The van der Waals surface area contributed by atoms with Crippen LogP contribution in [0.15, 0.2) is 60.7 Å². The van der Waals surface area contributed by atoms with Gasteiger partial charge in [-0.3, -0.25) is 0 Å². The second-order valence-electron chi connectivity index (χ2n) is 5.21. The zero-order chi connectivity index (χ0) is 17.5. The monoisotopic (exact) mass is 326 g/mol.